The van der Waals surface area contributed by atoms with E-state index >= 15 is 0 Å². The van der Waals surface area contributed by atoms with Gasteiger partial charge in [0.2, 0.25) is 0 Å². The highest BCUT2D eigenvalue weighted by molar-refractivity contribution is 7.10. The Morgan fingerprint density at radius 2 is 2.00 bits per heavy atom. The van der Waals surface area contributed by atoms with Crippen molar-refractivity contribution >= 4 is 22.9 Å². The van der Waals surface area contributed by atoms with E-state index in [-0.39, 0.29) is 0 Å². The van der Waals surface area contributed by atoms with Crippen LogP contribution >= 0.6 is 22.9 Å². The number of hydrogen-bond donors (Lipinski definition) is 1. The molecule has 3 heteroatoms. The maximum atomic E-state index is 6.25. The van der Waals surface area contributed by atoms with E-state index in [0.29, 0.717) is 11.5 Å². The van der Waals surface area contributed by atoms with Crippen LogP contribution in [0.15, 0.2) is 11.4 Å². The van der Waals surface area contributed by atoms with Crippen molar-refractivity contribution in [2.75, 3.05) is 6.54 Å². The van der Waals surface area contributed by atoms with Crippen LogP contribution in [0.4, 0.5) is 0 Å². The summed E-state index contributed by atoms with van der Waals surface area (Å²) in [5.41, 5.74) is 0.563. The summed E-state index contributed by atoms with van der Waals surface area (Å²) in [7, 11) is 0. The number of aryl methyl sites for hydroxylation is 1. The lowest BCUT2D eigenvalue weighted by atomic mass is 9.69. The summed E-state index contributed by atoms with van der Waals surface area (Å²) in [5, 5.41) is 6.69. The standard InChI is InChI=1S/C17H28ClNS/c1-14(2)19-12-11-17(8-4-3-5-9-17)10-6-16-15(18)7-13-20-16/h7,13-14,19H,3-6,8-12H2,1-2H3. The molecule has 1 aromatic rings. The Morgan fingerprint density at radius 1 is 1.25 bits per heavy atom. The predicted molar refractivity (Wildman–Crippen MR) is 90.9 cm³/mol. The Kier molecular flexibility index (Phi) is 6.38. The van der Waals surface area contributed by atoms with Crippen LogP contribution in [0.25, 0.3) is 0 Å². The van der Waals surface area contributed by atoms with Crippen LogP contribution in [-0.4, -0.2) is 12.6 Å². The number of nitrogens with one attached hydrogen (secondary N) is 1. The van der Waals surface area contributed by atoms with Crippen LogP contribution < -0.4 is 5.32 Å². The zero-order valence-electron chi connectivity index (χ0n) is 12.9. The highest BCUT2D eigenvalue weighted by Gasteiger charge is 2.31. The summed E-state index contributed by atoms with van der Waals surface area (Å²) in [6.07, 6.45) is 10.9. The Balaban J connectivity index is 1.90. The fourth-order valence-electron chi connectivity index (χ4n) is 3.43. The number of halogens is 1. The Bertz CT molecular complexity index is 393. The molecular weight excluding hydrogens is 286 g/mol. The third-order valence-electron chi connectivity index (χ3n) is 4.70. The summed E-state index contributed by atoms with van der Waals surface area (Å²) in [6, 6.07) is 2.64. The fourth-order valence-corrected chi connectivity index (χ4v) is 4.57. The largest absolute Gasteiger partial charge is 0.315 e. The van der Waals surface area contributed by atoms with Gasteiger partial charge in [0.1, 0.15) is 0 Å². The third-order valence-corrected chi connectivity index (χ3v) is 6.14. The molecule has 1 saturated carbocycles. The highest BCUT2D eigenvalue weighted by Crippen LogP contribution is 2.43. The van der Waals surface area contributed by atoms with Crippen molar-refractivity contribution in [2.24, 2.45) is 5.41 Å². The smallest absolute Gasteiger partial charge is 0.0544 e. The van der Waals surface area contributed by atoms with Gasteiger partial charge in [0, 0.05) is 10.9 Å². The van der Waals surface area contributed by atoms with E-state index in [1.807, 2.05) is 17.4 Å². The molecule has 0 radical (unpaired) electrons. The maximum absolute atomic E-state index is 6.25. The lowest BCUT2D eigenvalue weighted by Gasteiger charge is -2.38. The first-order chi connectivity index (χ1) is 9.61. The molecule has 1 heterocycles. The van der Waals surface area contributed by atoms with Gasteiger partial charge in [-0.05, 0) is 55.5 Å². The van der Waals surface area contributed by atoms with Gasteiger partial charge in [0.15, 0.2) is 0 Å². The fraction of sp³-hybridized carbons (Fsp3) is 0.765. The summed E-state index contributed by atoms with van der Waals surface area (Å²) >= 11 is 8.06. The maximum Gasteiger partial charge on any atom is 0.0544 e. The second-order valence-electron chi connectivity index (χ2n) is 6.61. The van der Waals surface area contributed by atoms with E-state index in [9.17, 15) is 0 Å². The molecule has 2 rings (SSSR count). The molecule has 0 bridgehead atoms. The summed E-state index contributed by atoms with van der Waals surface area (Å²) < 4.78 is 0. The molecule has 1 aliphatic carbocycles. The second-order valence-corrected chi connectivity index (χ2v) is 8.02. The van der Waals surface area contributed by atoms with E-state index in [0.717, 1.165) is 18.0 Å². The summed E-state index contributed by atoms with van der Waals surface area (Å²) in [6.45, 7) is 5.63. The molecule has 1 aromatic heterocycles. The van der Waals surface area contributed by atoms with Gasteiger partial charge in [-0.15, -0.1) is 11.3 Å². The molecule has 0 unspecified atom stereocenters. The SMILES string of the molecule is CC(C)NCCC1(CCc2sccc2Cl)CCCCC1. The van der Waals surface area contributed by atoms with Crippen LogP contribution in [0.1, 0.15) is 63.7 Å². The molecule has 0 amide bonds. The molecule has 1 aliphatic rings. The van der Waals surface area contributed by atoms with Gasteiger partial charge >= 0.3 is 0 Å². The van der Waals surface area contributed by atoms with Crippen LogP contribution in [0.2, 0.25) is 5.02 Å². The molecule has 1 fully saturated rings. The molecule has 0 aromatic carbocycles. The zero-order valence-corrected chi connectivity index (χ0v) is 14.5. The number of hydrogen-bond acceptors (Lipinski definition) is 2. The average molecular weight is 314 g/mol. The van der Waals surface area contributed by atoms with Gasteiger partial charge in [-0.3, -0.25) is 0 Å². The number of thiophene rings is 1. The first-order valence-corrected chi connectivity index (χ1v) is 9.32. The van der Waals surface area contributed by atoms with E-state index in [2.05, 4.69) is 24.5 Å². The lowest BCUT2D eigenvalue weighted by Crippen LogP contribution is -2.32. The van der Waals surface area contributed by atoms with Crippen LogP contribution in [0.5, 0.6) is 0 Å². The average Bonchev–Trinajstić information content (AvgIpc) is 2.83. The van der Waals surface area contributed by atoms with Gasteiger partial charge in [-0.25, -0.2) is 0 Å². The minimum absolute atomic E-state index is 0.563. The van der Waals surface area contributed by atoms with Gasteiger partial charge in [-0.1, -0.05) is 44.7 Å². The summed E-state index contributed by atoms with van der Waals surface area (Å²) in [4.78, 5) is 1.38. The van der Waals surface area contributed by atoms with Gasteiger partial charge in [0.05, 0.1) is 5.02 Å². The first kappa shape index (κ1) is 16.3. The second kappa shape index (κ2) is 7.82. The third kappa shape index (κ3) is 4.75. The van der Waals surface area contributed by atoms with E-state index in [1.54, 1.807) is 0 Å². The molecular formula is C17H28ClNS. The van der Waals surface area contributed by atoms with Crippen LogP contribution in [0, 0.1) is 5.41 Å². The monoisotopic (exact) mass is 313 g/mol. The van der Waals surface area contributed by atoms with Crippen LogP contribution in [0.3, 0.4) is 0 Å². The van der Waals surface area contributed by atoms with Crippen molar-refractivity contribution in [3.63, 3.8) is 0 Å². The van der Waals surface area contributed by atoms with Crippen LogP contribution in [-0.2, 0) is 6.42 Å². The van der Waals surface area contributed by atoms with E-state index in [1.165, 1.54) is 49.8 Å². The van der Waals surface area contributed by atoms with Crippen molar-refractivity contribution < 1.29 is 0 Å². The molecule has 0 saturated heterocycles. The highest BCUT2D eigenvalue weighted by atomic mass is 35.5. The summed E-state index contributed by atoms with van der Waals surface area (Å²) in [5.74, 6) is 0. The van der Waals surface area contributed by atoms with Gasteiger partial charge in [-0.2, -0.15) is 0 Å². The first-order valence-electron chi connectivity index (χ1n) is 8.07. The molecule has 20 heavy (non-hydrogen) atoms. The zero-order chi connectivity index (χ0) is 14.4. The van der Waals surface area contributed by atoms with Crippen molar-refractivity contribution in [2.45, 2.75) is 71.3 Å². The topological polar surface area (TPSA) is 12.0 Å². The lowest BCUT2D eigenvalue weighted by molar-refractivity contribution is 0.156. The Hall–Kier alpha value is -0.0500. The van der Waals surface area contributed by atoms with Crippen molar-refractivity contribution in [1.82, 2.24) is 5.32 Å². The van der Waals surface area contributed by atoms with E-state index < -0.39 is 0 Å². The molecule has 0 spiro atoms. The molecule has 114 valence electrons. The molecule has 1 nitrogen and oxygen atoms in total. The van der Waals surface area contributed by atoms with Crippen molar-refractivity contribution in [3.05, 3.63) is 21.3 Å². The number of rotatable bonds is 7. The van der Waals surface area contributed by atoms with Gasteiger partial charge < -0.3 is 5.32 Å². The molecule has 0 aliphatic heterocycles. The van der Waals surface area contributed by atoms with Crippen molar-refractivity contribution in [1.29, 1.82) is 0 Å². The molecule has 0 atom stereocenters. The quantitative estimate of drug-likeness (QED) is 0.683. The minimum atomic E-state index is 0.563. The minimum Gasteiger partial charge on any atom is -0.315 e. The van der Waals surface area contributed by atoms with E-state index in [4.69, 9.17) is 11.6 Å². The van der Waals surface area contributed by atoms with Gasteiger partial charge in [0.25, 0.3) is 0 Å². The molecule has 1 N–H and O–H groups in total. The Labute approximate surface area is 133 Å². The normalized spacial score (nSPS) is 18.6. The predicted octanol–water partition coefficient (Wildman–Crippen LogP) is 5.67. The van der Waals surface area contributed by atoms with Crippen molar-refractivity contribution in [3.8, 4) is 0 Å². The Morgan fingerprint density at radius 3 is 2.60 bits per heavy atom.